The van der Waals surface area contributed by atoms with Crippen molar-refractivity contribution in [3.8, 4) is 0 Å². The minimum absolute atomic E-state index is 0.0215. The van der Waals surface area contributed by atoms with Crippen molar-refractivity contribution in [2.45, 2.75) is 90.0 Å². The van der Waals surface area contributed by atoms with Gasteiger partial charge >= 0.3 is 11.9 Å². The number of hydrogen-bond acceptors (Lipinski definition) is 6. The molecule has 3 aliphatic rings. The van der Waals surface area contributed by atoms with E-state index in [4.69, 9.17) is 18.3 Å². The molecule has 0 spiro atoms. The molecule has 0 radical (unpaired) electrons. The Hall–Kier alpha value is -0.706. The van der Waals surface area contributed by atoms with Crippen LogP contribution in [0.1, 0.15) is 41.5 Å². The molecule has 6 atom stereocenters. The Morgan fingerprint density at radius 1 is 0.700 bits per heavy atom. The third-order valence-electron chi connectivity index (χ3n) is 8.43. The topological polar surface area (TPSA) is 71.1 Å². The monoisotopic (exact) mass is 456 g/mol. The highest BCUT2D eigenvalue weighted by molar-refractivity contribution is 6.74. The van der Waals surface area contributed by atoms with Gasteiger partial charge in [0.1, 0.15) is 12.2 Å². The smallest absolute Gasteiger partial charge is 0.310 e. The summed E-state index contributed by atoms with van der Waals surface area (Å²) in [7, 11) is -3.91. The number of hydrogen-bond donors (Lipinski definition) is 0. The van der Waals surface area contributed by atoms with E-state index in [0.717, 1.165) is 0 Å². The summed E-state index contributed by atoms with van der Waals surface area (Å²) in [6, 6.07) is 0. The summed E-state index contributed by atoms with van der Waals surface area (Å²) in [5.41, 5.74) is 0. The summed E-state index contributed by atoms with van der Waals surface area (Å²) >= 11 is 0. The van der Waals surface area contributed by atoms with E-state index in [0.29, 0.717) is 13.2 Å². The molecule has 172 valence electrons. The number of carbonyl (C=O) groups is 2. The van der Waals surface area contributed by atoms with Crippen LogP contribution in [0.2, 0.25) is 36.3 Å². The first kappa shape index (κ1) is 23.9. The molecule has 6 unspecified atom stereocenters. The first-order valence-corrected chi connectivity index (χ1v) is 17.0. The number of ether oxygens (including phenoxy) is 2. The van der Waals surface area contributed by atoms with Crippen LogP contribution in [0.25, 0.3) is 0 Å². The predicted molar refractivity (Wildman–Crippen MR) is 120 cm³/mol. The highest BCUT2D eigenvalue weighted by Crippen LogP contribution is 2.59. The van der Waals surface area contributed by atoms with Crippen LogP contribution in [0.15, 0.2) is 0 Å². The lowest BCUT2D eigenvalue weighted by Crippen LogP contribution is -2.54. The Kier molecular flexibility index (Phi) is 5.92. The van der Waals surface area contributed by atoms with Crippen molar-refractivity contribution < 1.29 is 27.9 Å². The lowest BCUT2D eigenvalue weighted by atomic mass is 9.55. The Labute approximate surface area is 183 Å². The molecular weight excluding hydrogens is 416 g/mol. The van der Waals surface area contributed by atoms with E-state index in [1.807, 2.05) is 0 Å². The van der Waals surface area contributed by atoms with E-state index in [9.17, 15) is 9.59 Å². The van der Waals surface area contributed by atoms with Gasteiger partial charge in [-0.05, 0) is 36.3 Å². The second-order valence-corrected chi connectivity index (χ2v) is 21.9. The van der Waals surface area contributed by atoms with E-state index in [-0.39, 0.29) is 57.9 Å². The highest BCUT2D eigenvalue weighted by atomic mass is 28.4. The van der Waals surface area contributed by atoms with Crippen molar-refractivity contribution >= 4 is 28.6 Å². The van der Waals surface area contributed by atoms with Gasteiger partial charge in [-0.15, -0.1) is 0 Å². The van der Waals surface area contributed by atoms with Crippen molar-refractivity contribution in [3.05, 3.63) is 0 Å². The minimum atomic E-state index is -1.96. The number of fused-ring (bicyclic) bond motifs is 4. The molecule has 8 heteroatoms. The maximum atomic E-state index is 12.5. The maximum absolute atomic E-state index is 12.5. The largest absolute Gasteiger partial charge is 0.459 e. The first-order valence-electron chi connectivity index (χ1n) is 11.2. The quantitative estimate of drug-likeness (QED) is 0.437. The molecule has 2 saturated heterocycles. The van der Waals surface area contributed by atoms with E-state index < -0.39 is 16.6 Å². The molecule has 0 amide bonds. The van der Waals surface area contributed by atoms with Gasteiger partial charge in [0.15, 0.2) is 16.6 Å². The third-order valence-corrected chi connectivity index (χ3v) is 17.4. The zero-order chi connectivity index (χ0) is 22.9. The van der Waals surface area contributed by atoms with Gasteiger partial charge in [0, 0.05) is 11.8 Å². The summed E-state index contributed by atoms with van der Waals surface area (Å²) in [6.07, 6.45) is -0.606. The molecule has 2 heterocycles. The highest BCUT2D eigenvalue weighted by Gasteiger charge is 2.71. The van der Waals surface area contributed by atoms with E-state index >= 15 is 0 Å². The van der Waals surface area contributed by atoms with E-state index in [1.165, 1.54) is 0 Å². The third kappa shape index (κ3) is 3.93. The Morgan fingerprint density at radius 3 is 1.27 bits per heavy atom. The SMILES string of the molecule is CC(C)(C)[Si](C)(C)OCC1OC(=O)C2C3C(=O)OC(CO[Si](C)(C)C(C)(C)C)C3C12. The fourth-order valence-corrected chi connectivity index (χ4v) is 6.32. The van der Waals surface area contributed by atoms with E-state index in [1.54, 1.807) is 0 Å². The van der Waals surface area contributed by atoms with Gasteiger partial charge in [0.05, 0.1) is 25.0 Å². The van der Waals surface area contributed by atoms with Gasteiger partial charge in [0.25, 0.3) is 0 Å². The summed E-state index contributed by atoms with van der Waals surface area (Å²) in [4.78, 5) is 25.0. The molecule has 0 bridgehead atoms. The number of carbonyl (C=O) groups excluding carboxylic acids is 2. The number of rotatable bonds is 6. The fourth-order valence-electron chi connectivity index (χ4n) is 4.29. The molecule has 3 rings (SSSR count). The van der Waals surface area contributed by atoms with Crippen molar-refractivity contribution in [3.63, 3.8) is 0 Å². The minimum Gasteiger partial charge on any atom is -0.459 e. The second kappa shape index (κ2) is 7.42. The maximum Gasteiger partial charge on any atom is 0.310 e. The molecule has 6 nitrogen and oxygen atoms in total. The van der Waals surface area contributed by atoms with Crippen LogP contribution in [-0.2, 0) is 27.9 Å². The van der Waals surface area contributed by atoms with Gasteiger partial charge in [-0.25, -0.2) is 0 Å². The summed E-state index contributed by atoms with van der Waals surface area (Å²) < 4.78 is 24.1. The molecule has 1 aliphatic carbocycles. The van der Waals surface area contributed by atoms with Gasteiger partial charge < -0.3 is 18.3 Å². The van der Waals surface area contributed by atoms with Gasteiger partial charge in [-0.3, -0.25) is 9.59 Å². The van der Waals surface area contributed by atoms with Crippen molar-refractivity contribution in [1.82, 2.24) is 0 Å². The number of esters is 2. The average molecular weight is 457 g/mol. The van der Waals surface area contributed by atoms with Crippen LogP contribution in [0.5, 0.6) is 0 Å². The zero-order valence-corrected chi connectivity index (χ0v) is 22.3. The van der Waals surface area contributed by atoms with Crippen LogP contribution >= 0.6 is 0 Å². The molecule has 30 heavy (non-hydrogen) atoms. The van der Waals surface area contributed by atoms with Crippen LogP contribution in [0.3, 0.4) is 0 Å². The summed E-state index contributed by atoms with van der Waals surface area (Å²) in [6.45, 7) is 22.8. The van der Waals surface area contributed by atoms with Crippen molar-refractivity contribution in [2.24, 2.45) is 23.7 Å². The Bertz CT molecular complexity index is 645. The standard InChI is InChI=1S/C22H40O6Si2/c1-21(2,3)29(7,8)25-11-13-15-16-14(12-26-30(9,10)22(4,5)6)28-20(24)18(16)17(15)19(23)27-13/h13-18H,11-12H2,1-10H3. The van der Waals surface area contributed by atoms with Crippen molar-refractivity contribution in [2.75, 3.05) is 13.2 Å². The van der Waals surface area contributed by atoms with Crippen molar-refractivity contribution in [1.29, 1.82) is 0 Å². The van der Waals surface area contributed by atoms with Gasteiger partial charge in [-0.1, -0.05) is 41.5 Å². The van der Waals surface area contributed by atoms with Crippen LogP contribution in [0.4, 0.5) is 0 Å². The Morgan fingerprint density at radius 2 is 1.00 bits per heavy atom. The van der Waals surface area contributed by atoms with E-state index in [2.05, 4.69) is 67.7 Å². The molecule has 0 aromatic heterocycles. The lowest BCUT2D eigenvalue weighted by molar-refractivity contribution is -0.154. The predicted octanol–water partition coefficient (Wildman–Crippen LogP) is 4.36. The van der Waals surface area contributed by atoms with Gasteiger partial charge in [-0.2, -0.15) is 0 Å². The molecule has 1 saturated carbocycles. The lowest BCUT2D eigenvalue weighted by Gasteiger charge is -2.44. The average Bonchev–Trinajstić information content (AvgIpc) is 2.94. The van der Waals surface area contributed by atoms with Gasteiger partial charge in [0.2, 0.25) is 0 Å². The normalized spacial score (nSPS) is 34.2. The fraction of sp³-hybridized carbons (Fsp3) is 0.909. The number of cyclic esters (lactones) is 2. The Balaban J connectivity index is 1.70. The first-order chi connectivity index (χ1) is 13.5. The molecule has 0 aromatic carbocycles. The second-order valence-electron chi connectivity index (χ2n) is 12.3. The molecular formula is C22H40O6Si2. The van der Waals surface area contributed by atoms with Crippen LogP contribution in [0, 0.1) is 23.7 Å². The summed E-state index contributed by atoms with van der Waals surface area (Å²) in [5.74, 6) is -1.35. The molecule has 2 aliphatic heterocycles. The summed E-state index contributed by atoms with van der Waals surface area (Å²) in [5, 5.41) is 0.173. The molecule has 0 N–H and O–H groups in total. The molecule has 3 fully saturated rings. The van der Waals surface area contributed by atoms with Crippen LogP contribution in [-0.4, -0.2) is 54.0 Å². The zero-order valence-electron chi connectivity index (χ0n) is 20.3. The van der Waals surface area contributed by atoms with Crippen LogP contribution < -0.4 is 0 Å². The molecule has 0 aromatic rings.